The van der Waals surface area contributed by atoms with Crippen LogP contribution < -0.4 is 5.32 Å². The van der Waals surface area contributed by atoms with Crippen LogP contribution in [0.4, 0.5) is 13.2 Å². The van der Waals surface area contributed by atoms with Gasteiger partial charge in [0.25, 0.3) is 0 Å². The van der Waals surface area contributed by atoms with E-state index in [0.29, 0.717) is 25.9 Å². The zero-order chi connectivity index (χ0) is 16.5. The van der Waals surface area contributed by atoms with Gasteiger partial charge in [-0.15, -0.1) is 0 Å². The van der Waals surface area contributed by atoms with Crippen molar-refractivity contribution in [2.75, 3.05) is 26.8 Å². The lowest BCUT2D eigenvalue weighted by molar-refractivity contribution is -0.192. The van der Waals surface area contributed by atoms with Crippen molar-refractivity contribution in [3.8, 4) is 0 Å². The first-order valence-corrected chi connectivity index (χ1v) is 7.82. The van der Waals surface area contributed by atoms with Gasteiger partial charge in [0.2, 0.25) is 0 Å². The summed E-state index contributed by atoms with van der Waals surface area (Å²) in [6, 6.07) is -0.786. The van der Waals surface area contributed by atoms with Crippen molar-refractivity contribution in [2.24, 2.45) is 11.3 Å². The van der Waals surface area contributed by atoms with Gasteiger partial charge in [0.1, 0.15) is 0 Å². The number of piperidine rings is 1. The summed E-state index contributed by atoms with van der Waals surface area (Å²) in [5.41, 5.74) is -0.413. The van der Waals surface area contributed by atoms with Crippen LogP contribution in [0.2, 0.25) is 0 Å². The highest BCUT2D eigenvalue weighted by molar-refractivity contribution is 5.83. The molecule has 3 atom stereocenters. The number of methoxy groups -OCH3 is 1. The first-order chi connectivity index (χ1) is 10.2. The number of hydrogen-bond donors (Lipinski definition) is 1. The van der Waals surface area contributed by atoms with E-state index < -0.39 is 23.5 Å². The third kappa shape index (κ3) is 3.40. The quantitative estimate of drug-likeness (QED) is 0.844. The number of amides is 1. The van der Waals surface area contributed by atoms with Crippen molar-refractivity contribution in [3.05, 3.63) is 0 Å². The van der Waals surface area contributed by atoms with Crippen LogP contribution in [0.25, 0.3) is 0 Å². The molecule has 1 aliphatic heterocycles. The van der Waals surface area contributed by atoms with Crippen LogP contribution in [0.3, 0.4) is 0 Å². The molecule has 1 unspecified atom stereocenters. The Morgan fingerprint density at radius 2 is 1.95 bits per heavy atom. The zero-order valence-corrected chi connectivity index (χ0v) is 13.4. The minimum atomic E-state index is -4.82. The summed E-state index contributed by atoms with van der Waals surface area (Å²) in [6.45, 7) is 5.49. The average molecular weight is 322 g/mol. The van der Waals surface area contributed by atoms with Crippen LogP contribution in [0.5, 0.6) is 0 Å². The molecule has 7 heteroatoms. The number of nitrogens with one attached hydrogen (secondary N) is 1. The van der Waals surface area contributed by atoms with Gasteiger partial charge in [-0.25, -0.2) is 0 Å². The van der Waals surface area contributed by atoms with E-state index in [9.17, 15) is 18.0 Å². The van der Waals surface area contributed by atoms with Crippen LogP contribution in [0.1, 0.15) is 33.1 Å². The number of hydrogen-bond acceptors (Lipinski definition) is 3. The Kier molecular flexibility index (Phi) is 5.06. The molecule has 0 aromatic heterocycles. The summed E-state index contributed by atoms with van der Waals surface area (Å²) in [6.07, 6.45) is -2.75. The fourth-order valence-corrected chi connectivity index (χ4v) is 3.64. The highest BCUT2D eigenvalue weighted by Gasteiger charge is 2.55. The van der Waals surface area contributed by atoms with Crippen LogP contribution in [-0.4, -0.2) is 55.9 Å². The third-order valence-corrected chi connectivity index (χ3v) is 5.24. The van der Waals surface area contributed by atoms with Crippen LogP contribution in [0.15, 0.2) is 0 Å². The molecule has 0 aromatic carbocycles. The maximum atomic E-state index is 13.0. The number of carbonyl (C=O) groups is 1. The van der Waals surface area contributed by atoms with E-state index in [1.54, 1.807) is 14.0 Å². The molecule has 22 heavy (non-hydrogen) atoms. The molecule has 2 aliphatic rings. The minimum Gasteiger partial charge on any atom is -0.384 e. The van der Waals surface area contributed by atoms with E-state index in [4.69, 9.17) is 4.74 Å². The molecule has 1 heterocycles. The predicted molar refractivity (Wildman–Crippen MR) is 76.3 cm³/mol. The lowest BCUT2D eigenvalue weighted by atomic mass is 9.73. The van der Waals surface area contributed by atoms with Gasteiger partial charge in [-0.3, -0.25) is 4.79 Å². The molecule has 1 saturated carbocycles. The predicted octanol–water partition coefficient (Wildman–Crippen LogP) is 2.19. The first kappa shape index (κ1) is 17.5. The second-order valence-corrected chi connectivity index (χ2v) is 6.71. The lowest BCUT2D eigenvalue weighted by Crippen LogP contribution is -2.58. The Morgan fingerprint density at radius 1 is 1.41 bits per heavy atom. The molecular weight excluding hydrogens is 297 g/mol. The van der Waals surface area contributed by atoms with Crippen LogP contribution in [-0.2, 0) is 9.53 Å². The van der Waals surface area contributed by atoms with Gasteiger partial charge in [0, 0.05) is 24.6 Å². The monoisotopic (exact) mass is 322 g/mol. The van der Waals surface area contributed by atoms with Gasteiger partial charge < -0.3 is 15.0 Å². The first-order valence-electron chi connectivity index (χ1n) is 7.82. The lowest BCUT2D eigenvalue weighted by Gasteiger charge is -2.47. The summed E-state index contributed by atoms with van der Waals surface area (Å²) in [5, 5.41) is 3.22. The maximum absolute atomic E-state index is 13.0. The summed E-state index contributed by atoms with van der Waals surface area (Å²) >= 11 is 0. The number of halogens is 3. The second-order valence-electron chi connectivity index (χ2n) is 6.71. The molecule has 128 valence electrons. The van der Waals surface area contributed by atoms with Crippen LogP contribution in [0, 0.1) is 11.3 Å². The number of alkyl halides is 3. The molecule has 1 aliphatic carbocycles. The second kappa shape index (κ2) is 6.35. The Labute approximate surface area is 129 Å². The fourth-order valence-electron chi connectivity index (χ4n) is 3.64. The molecule has 0 radical (unpaired) electrons. The summed E-state index contributed by atoms with van der Waals surface area (Å²) < 4.78 is 44.4. The Morgan fingerprint density at radius 3 is 2.36 bits per heavy atom. The molecule has 0 aromatic rings. The fraction of sp³-hybridized carbons (Fsp3) is 0.933. The number of rotatable bonds is 5. The van der Waals surface area contributed by atoms with Crippen molar-refractivity contribution in [2.45, 2.75) is 51.4 Å². The summed E-state index contributed by atoms with van der Waals surface area (Å²) in [4.78, 5) is 13.1. The van der Waals surface area contributed by atoms with E-state index in [1.807, 2.05) is 6.92 Å². The van der Waals surface area contributed by atoms with Gasteiger partial charge in [-0.1, -0.05) is 6.92 Å². The normalized spacial score (nSPS) is 29.0. The van der Waals surface area contributed by atoms with Gasteiger partial charge >= 0.3 is 12.1 Å². The van der Waals surface area contributed by atoms with E-state index in [-0.39, 0.29) is 12.0 Å². The molecule has 1 amide bonds. The van der Waals surface area contributed by atoms with E-state index in [1.165, 1.54) is 0 Å². The van der Waals surface area contributed by atoms with E-state index in [2.05, 4.69) is 5.32 Å². The highest BCUT2D eigenvalue weighted by Crippen LogP contribution is 2.44. The SMILES string of the molecule is COCC1(C(C)N(C(=O)C(F)(F)F)[C@@H]2C[C@H]2C)CCNCC1. The van der Waals surface area contributed by atoms with Crippen LogP contribution >= 0.6 is 0 Å². The molecule has 1 N–H and O–H groups in total. The van der Waals surface area contributed by atoms with Gasteiger partial charge in [-0.2, -0.15) is 13.2 Å². The third-order valence-electron chi connectivity index (χ3n) is 5.24. The Balaban J connectivity index is 2.27. The summed E-state index contributed by atoms with van der Waals surface area (Å²) in [5.74, 6) is -1.57. The summed E-state index contributed by atoms with van der Waals surface area (Å²) in [7, 11) is 1.56. The zero-order valence-electron chi connectivity index (χ0n) is 13.4. The number of ether oxygens (including phenoxy) is 1. The number of carbonyl (C=O) groups excluding carboxylic acids is 1. The standard InChI is InChI=1S/C15H25F3N2O2/c1-10-8-12(10)20(13(21)15(16,17)18)11(2)14(9-22-3)4-6-19-7-5-14/h10-12,19H,4-9H2,1-3H3/t10-,11?,12-/m1/s1. The smallest absolute Gasteiger partial charge is 0.384 e. The Hall–Kier alpha value is -0.820. The van der Waals surface area contributed by atoms with Gasteiger partial charge in [0.15, 0.2) is 0 Å². The Bertz CT molecular complexity index is 403. The maximum Gasteiger partial charge on any atom is 0.471 e. The molecule has 0 bridgehead atoms. The van der Waals surface area contributed by atoms with Crippen molar-refractivity contribution in [1.29, 1.82) is 0 Å². The largest absolute Gasteiger partial charge is 0.471 e. The van der Waals surface area contributed by atoms with Crippen molar-refractivity contribution in [3.63, 3.8) is 0 Å². The van der Waals surface area contributed by atoms with E-state index in [0.717, 1.165) is 18.0 Å². The molecule has 1 saturated heterocycles. The highest BCUT2D eigenvalue weighted by atomic mass is 19.4. The minimum absolute atomic E-state index is 0.134. The topological polar surface area (TPSA) is 41.6 Å². The van der Waals surface area contributed by atoms with Gasteiger partial charge in [-0.05, 0) is 45.2 Å². The molecule has 2 fully saturated rings. The average Bonchev–Trinajstić information content (AvgIpc) is 3.16. The molecular formula is C15H25F3N2O2. The molecule has 0 spiro atoms. The number of nitrogens with zero attached hydrogens (tertiary/aromatic N) is 1. The molecule has 2 rings (SSSR count). The van der Waals surface area contributed by atoms with Crippen molar-refractivity contribution < 1.29 is 22.7 Å². The van der Waals surface area contributed by atoms with E-state index >= 15 is 0 Å². The van der Waals surface area contributed by atoms with Crippen molar-refractivity contribution >= 4 is 5.91 Å². The molecule has 4 nitrogen and oxygen atoms in total. The van der Waals surface area contributed by atoms with Gasteiger partial charge in [0.05, 0.1) is 6.61 Å². The van der Waals surface area contributed by atoms with Crippen molar-refractivity contribution in [1.82, 2.24) is 10.2 Å².